The van der Waals surface area contributed by atoms with Gasteiger partial charge in [0, 0.05) is 24.2 Å². The molecular formula is C22H21ClN6O3. The minimum atomic E-state index is -0.666. The van der Waals surface area contributed by atoms with Gasteiger partial charge in [-0.3, -0.25) is 14.7 Å². The Morgan fingerprint density at radius 1 is 1.09 bits per heavy atom. The topological polar surface area (TPSA) is 92.6 Å². The Balaban J connectivity index is 1.61. The van der Waals surface area contributed by atoms with Crippen LogP contribution >= 0.6 is 11.6 Å². The van der Waals surface area contributed by atoms with Crippen LogP contribution in [-0.2, 0) is 11.3 Å². The number of anilines is 1. The third kappa shape index (κ3) is 3.16. The van der Waals surface area contributed by atoms with Crippen LogP contribution in [0.1, 0.15) is 18.7 Å². The Labute approximate surface area is 189 Å². The average Bonchev–Trinajstić information content (AvgIpc) is 3.34. The van der Waals surface area contributed by atoms with Gasteiger partial charge in [0.15, 0.2) is 11.9 Å². The minimum Gasteiger partial charge on any atom is -0.494 e. The van der Waals surface area contributed by atoms with E-state index in [4.69, 9.17) is 16.3 Å². The molecule has 9 nitrogen and oxygen atoms in total. The molecule has 32 heavy (non-hydrogen) atoms. The first kappa shape index (κ1) is 20.3. The summed E-state index contributed by atoms with van der Waals surface area (Å²) in [7, 11) is 1.66. The number of hydrogen-bond donors (Lipinski definition) is 1. The Morgan fingerprint density at radius 3 is 2.56 bits per heavy atom. The van der Waals surface area contributed by atoms with Crippen LogP contribution in [0, 0.1) is 0 Å². The number of carbonyl (C=O) groups is 2. The molecule has 0 spiro atoms. The second-order valence-corrected chi connectivity index (χ2v) is 8.04. The van der Waals surface area contributed by atoms with Crippen LogP contribution in [0.15, 0.2) is 48.5 Å². The smallest absolute Gasteiger partial charge is 0.325 e. The standard InChI is InChI=1S/C22H21ClN6O3/c1-3-32-15-10-8-13(9-11-15)18-25-26-21-28(12-14-6-4-5-7-16(14)23)17-19(30)24-22(31)27(2)20(17)29(18)21/h4-11,17,20H,3,12H2,1-2H3,(H,24,30,31). The number of amides is 3. The lowest BCUT2D eigenvalue weighted by atomic mass is 10.1. The number of carbonyl (C=O) groups excluding carboxylic acids is 2. The van der Waals surface area contributed by atoms with Gasteiger partial charge in [0.25, 0.3) is 5.91 Å². The fourth-order valence-corrected chi connectivity index (χ4v) is 4.44. The van der Waals surface area contributed by atoms with E-state index in [-0.39, 0.29) is 5.91 Å². The number of halogens is 1. The predicted octanol–water partition coefficient (Wildman–Crippen LogP) is 3.07. The van der Waals surface area contributed by atoms with E-state index in [1.54, 1.807) is 13.1 Å². The third-order valence-corrected chi connectivity index (χ3v) is 6.12. The maximum Gasteiger partial charge on any atom is 0.325 e. The molecule has 0 radical (unpaired) electrons. The summed E-state index contributed by atoms with van der Waals surface area (Å²) >= 11 is 6.39. The lowest BCUT2D eigenvalue weighted by molar-refractivity contribution is -0.124. The molecule has 0 aliphatic carbocycles. The van der Waals surface area contributed by atoms with Gasteiger partial charge in [-0.05, 0) is 42.8 Å². The molecule has 1 aromatic heterocycles. The summed E-state index contributed by atoms with van der Waals surface area (Å²) in [5.41, 5.74) is 1.65. The van der Waals surface area contributed by atoms with Crippen molar-refractivity contribution in [3.8, 4) is 17.1 Å². The predicted molar refractivity (Wildman–Crippen MR) is 118 cm³/mol. The average molecular weight is 453 g/mol. The Hall–Kier alpha value is -3.59. The van der Waals surface area contributed by atoms with Gasteiger partial charge in [0.05, 0.1) is 6.61 Å². The van der Waals surface area contributed by atoms with E-state index in [0.29, 0.717) is 29.9 Å². The fourth-order valence-electron chi connectivity index (χ4n) is 4.24. The lowest BCUT2D eigenvalue weighted by Gasteiger charge is -2.37. The molecule has 2 aliphatic heterocycles. The number of aromatic nitrogens is 3. The molecule has 3 heterocycles. The van der Waals surface area contributed by atoms with Crippen LogP contribution < -0.4 is 15.0 Å². The van der Waals surface area contributed by atoms with Crippen molar-refractivity contribution in [1.29, 1.82) is 0 Å². The molecule has 3 aromatic rings. The van der Waals surface area contributed by atoms with Crippen LogP contribution in [-0.4, -0.2) is 51.3 Å². The quantitative estimate of drug-likeness (QED) is 0.639. The van der Waals surface area contributed by atoms with E-state index in [1.165, 1.54) is 4.90 Å². The van der Waals surface area contributed by atoms with Gasteiger partial charge < -0.3 is 14.5 Å². The molecule has 2 atom stereocenters. The summed E-state index contributed by atoms with van der Waals surface area (Å²) < 4.78 is 7.37. The Kier molecular flexibility index (Phi) is 4.97. The molecule has 5 rings (SSSR count). The van der Waals surface area contributed by atoms with Gasteiger partial charge in [-0.2, -0.15) is 0 Å². The highest BCUT2D eigenvalue weighted by Gasteiger charge is 2.52. The zero-order valence-electron chi connectivity index (χ0n) is 17.5. The summed E-state index contributed by atoms with van der Waals surface area (Å²) in [6.07, 6.45) is -0.592. The number of nitrogens with one attached hydrogen (secondary N) is 1. The van der Waals surface area contributed by atoms with Gasteiger partial charge in [0.1, 0.15) is 11.9 Å². The van der Waals surface area contributed by atoms with Gasteiger partial charge in [-0.1, -0.05) is 29.8 Å². The van der Waals surface area contributed by atoms with Gasteiger partial charge >= 0.3 is 6.03 Å². The second kappa shape index (κ2) is 7.83. The number of ether oxygens (including phenoxy) is 1. The maximum absolute atomic E-state index is 12.9. The SMILES string of the molecule is CCOc1ccc(-c2nnc3n2C2C(C(=O)NC(=O)N2C)N3Cc2ccccc2Cl)cc1. The Bertz CT molecular complexity index is 1190. The van der Waals surface area contributed by atoms with Crippen molar-refractivity contribution in [2.45, 2.75) is 25.7 Å². The number of imide groups is 1. The molecule has 1 N–H and O–H groups in total. The van der Waals surface area contributed by atoms with E-state index >= 15 is 0 Å². The van der Waals surface area contributed by atoms with Crippen molar-refractivity contribution in [3.63, 3.8) is 0 Å². The van der Waals surface area contributed by atoms with Crippen molar-refractivity contribution in [2.24, 2.45) is 0 Å². The van der Waals surface area contributed by atoms with Crippen molar-refractivity contribution in [1.82, 2.24) is 25.0 Å². The monoisotopic (exact) mass is 452 g/mol. The summed E-state index contributed by atoms with van der Waals surface area (Å²) in [5, 5.41) is 11.8. The van der Waals surface area contributed by atoms with Crippen molar-refractivity contribution >= 4 is 29.5 Å². The first-order chi connectivity index (χ1) is 15.5. The van der Waals surface area contributed by atoms with Gasteiger partial charge in [0.2, 0.25) is 5.95 Å². The van der Waals surface area contributed by atoms with Crippen LogP contribution in [0.25, 0.3) is 11.4 Å². The first-order valence-electron chi connectivity index (χ1n) is 10.3. The summed E-state index contributed by atoms with van der Waals surface area (Å²) in [6.45, 7) is 2.84. The van der Waals surface area contributed by atoms with Crippen molar-refractivity contribution in [2.75, 3.05) is 18.6 Å². The largest absolute Gasteiger partial charge is 0.494 e. The van der Waals surface area contributed by atoms with Crippen LogP contribution in [0.2, 0.25) is 5.02 Å². The number of nitrogens with zero attached hydrogens (tertiary/aromatic N) is 5. The van der Waals surface area contributed by atoms with Crippen LogP contribution in [0.5, 0.6) is 5.75 Å². The molecule has 0 saturated carbocycles. The molecule has 2 aromatic carbocycles. The zero-order valence-corrected chi connectivity index (χ0v) is 18.3. The third-order valence-electron chi connectivity index (χ3n) is 5.76. The fraction of sp³-hybridized carbons (Fsp3) is 0.273. The molecule has 10 heteroatoms. The highest BCUT2D eigenvalue weighted by molar-refractivity contribution is 6.31. The number of likely N-dealkylation sites (N-methyl/N-ethyl adjacent to an activating group) is 1. The summed E-state index contributed by atoms with van der Waals surface area (Å²) in [5.74, 6) is 1.43. The van der Waals surface area contributed by atoms with Crippen LogP contribution in [0.4, 0.5) is 10.7 Å². The molecular weight excluding hydrogens is 432 g/mol. The minimum absolute atomic E-state index is 0.345. The maximum atomic E-state index is 12.9. The van der Waals surface area contributed by atoms with E-state index in [1.807, 2.05) is 58.9 Å². The van der Waals surface area contributed by atoms with E-state index in [9.17, 15) is 9.59 Å². The summed E-state index contributed by atoms with van der Waals surface area (Å²) in [4.78, 5) is 28.7. The zero-order chi connectivity index (χ0) is 22.4. The van der Waals surface area contributed by atoms with Crippen LogP contribution in [0.3, 0.4) is 0 Å². The highest BCUT2D eigenvalue weighted by atomic mass is 35.5. The number of urea groups is 1. The molecule has 2 aliphatic rings. The summed E-state index contributed by atoms with van der Waals surface area (Å²) in [6, 6.07) is 13.8. The van der Waals surface area contributed by atoms with Gasteiger partial charge in [-0.25, -0.2) is 4.79 Å². The number of rotatable bonds is 5. The van der Waals surface area contributed by atoms with Gasteiger partial charge in [-0.15, -0.1) is 10.2 Å². The molecule has 3 amide bonds. The van der Waals surface area contributed by atoms with Crippen molar-refractivity contribution in [3.05, 3.63) is 59.1 Å². The molecule has 1 fully saturated rings. The Morgan fingerprint density at radius 2 is 1.84 bits per heavy atom. The highest BCUT2D eigenvalue weighted by Crippen LogP contribution is 2.42. The molecule has 1 saturated heterocycles. The number of hydrogen-bond acceptors (Lipinski definition) is 6. The van der Waals surface area contributed by atoms with E-state index < -0.39 is 18.2 Å². The number of benzene rings is 2. The molecule has 164 valence electrons. The first-order valence-corrected chi connectivity index (χ1v) is 10.6. The van der Waals surface area contributed by atoms with Crippen molar-refractivity contribution < 1.29 is 14.3 Å². The van der Waals surface area contributed by atoms with E-state index in [0.717, 1.165) is 16.9 Å². The second-order valence-electron chi connectivity index (χ2n) is 7.63. The normalized spacial score (nSPS) is 19.6. The molecule has 0 bridgehead atoms. The number of fused-ring (bicyclic) bond motifs is 3. The molecule has 2 unspecified atom stereocenters. The lowest BCUT2D eigenvalue weighted by Crippen LogP contribution is -2.61. The van der Waals surface area contributed by atoms with E-state index in [2.05, 4.69) is 15.5 Å².